The van der Waals surface area contributed by atoms with Gasteiger partial charge in [0.25, 0.3) is 0 Å². The minimum Gasteiger partial charge on any atom is -0.311 e. The van der Waals surface area contributed by atoms with Crippen LogP contribution in [0, 0.1) is 11.3 Å². The average molecular weight is 167 g/mol. The zero-order valence-electron chi connectivity index (χ0n) is 8.61. The zero-order valence-corrected chi connectivity index (χ0v) is 8.61. The van der Waals surface area contributed by atoms with Gasteiger partial charge in [-0.25, -0.2) is 0 Å². The van der Waals surface area contributed by atoms with E-state index >= 15 is 0 Å². The van der Waals surface area contributed by atoms with E-state index in [1.165, 1.54) is 32.2 Å². The lowest BCUT2D eigenvalue weighted by atomic mass is 9.75. The minimum absolute atomic E-state index is 0.503. The Morgan fingerprint density at radius 1 is 1.17 bits per heavy atom. The van der Waals surface area contributed by atoms with E-state index in [1.54, 1.807) is 0 Å². The van der Waals surface area contributed by atoms with E-state index in [1.807, 2.05) is 0 Å². The maximum atomic E-state index is 3.73. The van der Waals surface area contributed by atoms with Gasteiger partial charge in [0.15, 0.2) is 0 Å². The second kappa shape index (κ2) is 2.47. The molecule has 0 bridgehead atoms. The van der Waals surface area contributed by atoms with Gasteiger partial charge in [-0.05, 0) is 43.6 Å². The van der Waals surface area contributed by atoms with E-state index in [2.05, 4.69) is 26.1 Å². The Hall–Kier alpha value is -0.0400. The molecule has 0 aromatic heterocycles. The van der Waals surface area contributed by atoms with Crippen molar-refractivity contribution in [3.8, 4) is 0 Å². The molecule has 1 saturated carbocycles. The van der Waals surface area contributed by atoms with Gasteiger partial charge in [0.05, 0.1) is 0 Å². The molecule has 0 amide bonds. The van der Waals surface area contributed by atoms with Crippen LogP contribution in [0.2, 0.25) is 0 Å². The van der Waals surface area contributed by atoms with Crippen molar-refractivity contribution in [3.63, 3.8) is 0 Å². The Balaban J connectivity index is 1.90. The highest BCUT2D eigenvalue weighted by Crippen LogP contribution is 2.45. The van der Waals surface area contributed by atoms with Crippen LogP contribution in [0.5, 0.6) is 0 Å². The monoisotopic (exact) mass is 167 g/mol. The topological polar surface area (TPSA) is 12.0 Å². The third-order valence-corrected chi connectivity index (χ3v) is 3.77. The fraction of sp³-hybridized carbons (Fsp3) is 1.00. The Labute approximate surface area is 75.9 Å². The zero-order chi connectivity index (χ0) is 8.82. The van der Waals surface area contributed by atoms with Crippen molar-refractivity contribution in [3.05, 3.63) is 0 Å². The second-order valence-corrected chi connectivity index (χ2v) is 5.76. The molecule has 0 radical (unpaired) electrons. The van der Waals surface area contributed by atoms with Crippen molar-refractivity contribution in [2.75, 3.05) is 6.54 Å². The first kappa shape index (κ1) is 8.55. The van der Waals surface area contributed by atoms with Gasteiger partial charge >= 0.3 is 0 Å². The van der Waals surface area contributed by atoms with Gasteiger partial charge in [-0.15, -0.1) is 0 Å². The molecular weight excluding hydrogens is 146 g/mol. The number of hydrogen-bond donors (Lipinski definition) is 1. The molecule has 1 N–H and O–H groups in total. The summed E-state index contributed by atoms with van der Waals surface area (Å²) in [5.74, 6) is 0.892. The molecule has 1 spiro atoms. The molecule has 1 unspecified atom stereocenters. The fourth-order valence-electron chi connectivity index (χ4n) is 2.30. The summed E-state index contributed by atoms with van der Waals surface area (Å²) in [7, 11) is 0. The minimum atomic E-state index is 0.503. The van der Waals surface area contributed by atoms with Gasteiger partial charge in [-0.3, -0.25) is 0 Å². The molecule has 70 valence electrons. The molecule has 1 aliphatic heterocycles. The van der Waals surface area contributed by atoms with Crippen LogP contribution in [0.4, 0.5) is 0 Å². The van der Waals surface area contributed by atoms with Crippen LogP contribution in [0.25, 0.3) is 0 Å². The molecule has 1 atom stereocenters. The van der Waals surface area contributed by atoms with E-state index in [4.69, 9.17) is 0 Å². The van der Waals surface area contributed by atoms with Crippen LogP contribution in [0.15, 0.2) is 0 Å². The molecule has 2 fully saturated rings. The predicted octanol–water partition coefficient (Wildman–Crippen LogP) is 2.56. The normalized spacial score (nSPS) is 33.8. The Kier molecular flexibility index (Phi) is 1.76. The standard InChI is InChI=1S/C11H21N/c1-10(2,3)9-4-5-11(6-7-11)12-8-9/h9,12H,4-8H2,1-3H3. The lowest BCUT2D eigenvalue weighted by Gasteiger charge is -2.38. The first-order valence-electron chi connectivity index (χ1n) is 5.27. The molecular formula is C11H21N. The SMILES string of the molecule is CC(C)(C)C1CCC2(CC2)NC1. The van der Waals surface area contributed by atoms with Crippen molar-refractivity contribution in [1.29, 1.82) is 0 Å². The summed E-state index contributed by atoms with van der Waals surface area (Å²) in [6.07, 6.45) is 5.74. The third-order valence-electron chi connectivity index (χ3n) is 3.77. The van der Waals surface area contributed by atoms with E-state index in [0.29, 0.717) is 11.0 Å². The highest BCUT2D eigenvalue weighted by Gasteiger charge is 2.46. The van der Waals surface area contributed by atoms with Gasteiger partial charge in [-0.1, -0.05) is 20.8 Å². The lowest BCUT2D eigenvalue weighted by Crippen LogP contribution is -2.44. The maximum Gasteiger partial charge on any atom is 0.0183 e. The van der Waals surface area contributed by atoms with E-state index < -0.39 is 0 Å². The molecule has 2 aliphatic rings. The summed E-state index contributed by atoms with van der Waals surface area (Å²) in [5, 5.41) is 3.73. The summed E-state index contributed by atoms with van der Waals surface area (Å²) in [6.45, 7) is 8.35. The number of rotatable bonds is 0. The van der Waals surface area contributed by atoms with Crippen LogP contribution in [-0.2, 0) is 0 Å². The lowest BCUT2D eigenvalue weighted by molar-refractivity contribution is 0.165. The summed E-state index contributed by atoms with van der Waals surface area (Å²) in [6, 6.07) is 0. The highest BCUT2D eigenvalue weighted by atomic mass is 15.0. The Morgan fingerprint density at radius 2 is 1.83 bits per heavy atom. The van der Waals surface area contributed by atoms with Crippen LogP contribution in [0.1, 0.15) is 46.5 Å². The molecule has 1 aliphatic carbocycles. The van der Waals surface area contributed by atoms with Gasteiger partial charge in [0.1, 0.15) is 0 Å². The summed E-state index contributed by atoms with van der Waals surface area (Å²) in [5.41, 5.74) is 1.13. The molecule has 12 heavy (non-hydrogen) atoms. The van der Waals surface area contributed by atoms with Gasteiger partial charge in [0.2, 0.25) is 0 Å². The average Bonchev–Trinajstić information content (AvgIpc) is 2.68. The molecule has 1 heteroatoms. The maximum absolute atomic E-state index is 3.73. The quantitative estimate of drug-likeness (QED) is 0.584. The van der Waals surface area contributed by atoms with Crippen LogP contribution < -0.4 is 5.32 Å². The number of piperidine rings is 1. The fourth-order valence-corrected chi connectivity index (χ4v) is 2.30. The van der Waals surface area contributed by atoms with Gasteiger partial charge < -0.3 is 5.32 Å². The van der Waals surface area contributed by atoms with Crippen LogP contribution >= 0.6 is 0 Å². The first-order chi connectivity index (χ1) is 5.52. The highest BCUT2D eigenvalue weighted by molar-refractivity contribution is 5.05. The molecule has 0 aromatic rings. The van der Waals surface area contributed by atoms with Crippen LogP contribution in [0.3, 0.4) is 0 Å². The van der Waals surface area contributed by atoms with Crippen LogP contribution in [-0.4, -0.2) is 12.1 Å². The van der Waals surface area contributed by atoms with Gasteiger partial charge in [-0.2, -0.15) is 0 Å². The van der Waals surface area contributed by atoms with Crippen molar-refractivity contribution in [2.45, 2.75) is 52.0 Å². The van der Waals surface area contributed by atoms with E-state index in [-0.39, 0.29) is 0 Å². The second-order valence-electron chi connectivity index (χ2n) is 5.76. The van der Waals surface area contributed by atoms with E-state index in [0.717, 1.165) is 5.92 Å². The Bertz CT molecular complexity index is 164. The Morgan fingerprint density at radius 3 is 2.17 bits per heavy atom. The molecule has 2 rings (SSSR count). The third kappa shape index (κ3) is 1.52. The first-order valence-corrected chi connectivity index (χ1v) is 5.27. The van der Waals surface area contributed by atoms with E-state index in [9.17, 15) is 0 Å². The molecule has 0 aromatic carbocycles. The smallest absolute Gasteiger partial charge is 0.0183 e. The largest absolute Gasteiger partial charge is 0.311 e. The predicted molar refractivity (Wildman–Crippen MR) is 52.1 cm³/mol. The summed E-state index contributed by atoms with van der Waals surface area (Å²) >= 11 is 0. The summed E-state index contributed by atoms with van der Waals surface area (Å²) < 4.78 is 0. The van der Waals surface area contributed by atoms with Crippen molar-refractivity contribution in [2.24, 2.45) is 11.3 Å². The molecule has 1 saturated heterocycles. The van der Waals surface area contributed by atoms with Gasteiger partial charge in [0, 0.05) is 5.54 Å². The number of nitrogens with one attached hydrogen (secondary N) is 1. The van der Waals surface area contributed by atoms with Crippen molar-refractivity contribution >= 4 is 0 Å². The number of hydrogen-bond acceptors (Lipinski definition) is 1. The molecule has 1 heterocycles. The van der Waals surface area contributed by atoms with Crippen molar-refractivity contribution < 1.29 is 0 Å². The van der Waals surface area contributed by atoms with Crippen molar-refractivity contribution in [1.82, 2.24) is 5.32 Å². The summed E-state index contributed by atoms with van der Waals surface area (Å²) in [4.78, 5) is 0. The molecule has 1 nitrogen and oxygen atoms in total.